The van der Waals surface area contributed by atoms with Gasteiger partial charge in [0.2, 0.25) is 0 Å². The SMILES string of the molecule is C.CSc1sc(C(=N)N)cc1S(=O)(=NS(=O)(=O)c1cccc(NC(N)=O)c1)c1cccc(-c2c(C)cc(N=C(N)N)cc2N)c1. The summed E-state index contributed by atoms with van der Waals surface area (Å²) in [6, 6.07) is 15.5. The fourth-order valence-corrected chi connectivity index (χ4v) is 10.9. The van der Waals surface area contributed by atoms with Gasteiger partial charge in [-0.3, -0.25) is 5.41 Å². The summed E-state index contributed by atoms with van der Waals surface area (Å²) in [5.41, 5.74) is 31.1. The number of thioether (sulfide) groups is 1. The first-order valence-electron chi connectivity index (χ1n) is 12.5. The molecule has 0 radical (unpaired) electrons. The van der Waals surface area contributed by atoms with Crippen LogP contribution in [0.15, 0.2) is 94.4 Å². The lowest BCUT2D eigenvalue weighted by Gasteiger charge is -2.15. The normalized spacial score (nSPS) is 12.3. The molecule has 4 rings (SSSR count). The van der Waals surface area contributed by atoms with Crippen molar-refractivity contribution >= 4 is 77.7 Å². The van der Waals surface area contributed by atoms with Crippen LogP contribution in [-0.4, -0.2) is 36.7 Å². The van der Waals surface area contributed by atoms with E-state index in [4.69, 9.17) is 34.1 Å². The number of guanidine groups is 1. The number of sulfonamides is 1. The Bertz CT molecular complexity index is 2040. The van der Waals surface area contributed by atoms with Gasteiger partial charge in [-0.1, -0.05) is 29.4 Å². The molecule has 17 heteroatoms. The first-order valence-corrected chi connectivity index (χ1v) is 17.5. The van der Waals surface area contributed by atoms with Gasteiger partial charge in [0.15, 0.2) is 5.96 Å². The van der Waals surface area contributed by atoms with Crippen LogP contribution in [0.1, 0.15) is 17.9 Å². The van der Waals surface area contributed by atoms with Crippen molar-refractivity contribution in [3.05, 3.63) is 77.2 Å². The summed E-state index contributed by atoms with van der Waals surface area (Å²) in [5.74, 6) is -0.410. The van der Waals surface area contributed by atoms with E-state index in [1.807, 2.05) is 0 Å². The van der Waals surface area contributed by atoms with E-state index in [9.17, 15) is 13.2 Å². The molecule has 1 aromatic heterocycles. The predicted octanol–water partition coefficient (Wildman–Crippen LogP) is 4.62. The standard InChI is InChI=1S/C27H29N9O4S4.CH4/c1-14-9-17(34-26(31)32)12-20(28)23(14)15-5-3-7-18(10-15)43(38,22-13-21(24(29)30)42-25(22)41-2)36-44(39,40)19-8-4-6-16(11-19)35-27(33)37;/h3-13H,28H2,1-2H3,(H3,29,30)(H4,31,32,34)(H3,33,35,37);1H4. The summed E-state index contributed by atoms with van der Waals surface area (Å²) >= 11 is 2.31. The minimum Gasteiger partial charge on any atom is -0.398 e. The highest BCUT2D eigenvalue weighted by Gasteiger charge is 2.28. The number of urea groups is 1. The highest BCUT2D eigenvalue weighted by atomic mass is 32.3. The fourth-order valence-electron chi connectivity index (χ4n) is 4.32. The summed E-state index contributed by atoms with van der Waals surface area (Å²) in [4.78, 5) is 15.5. The van der Waals surface area contributed by atoms with E-state index in [1.165, 1.54) is 42.1 Å². The number of primary amides is 1. The quantitative estimate of drug-likeness (QED) is 0.0559. The van der Waals surface area contributed by atoms with Gasteiger partial charge in [-0.2, -0.15) is 8.42 Å². The van der Waals surface area contributed by atoms with Crippen LogP contribution in [0, 0.1) is 12.3 Å². The van der Waals surface area contributed by atoms with E-state index >= 15 is 4.21 Å². The molecule has 1 atom stereocenters. The molecular weight excluding hydrogens is 655 g/mol. The van der Waals surface area contributed by atoms with Gasteiger partial charge in [-0.15, -0.1) is 23.1 Å². The molecule has 0 saturated heterocycles. The summed E-state index contributed by atoms with van der Waals surface area (Å²) in [5, 5.41) is 10.2. The number of hydrogen-bond acceptors (Lipinski definition) is 9. The van der Waals surface area contributed by atoms with Crippen LogP contribution in [-0.2, 0) is 19.8 Å². The first kappa shape index (κ1) is 34.9. The van der Waals surface area contributed by atoms with Crippen molar-refractivity contribution in [2.45, 2.75) is 33.2 Å². The molecule has 0 aliphatic heterocycles. The van der Waals surface area contributed by atoms with Crippen molar-refractivity contribution in [2.75, 3.05) is 17.3 Å². The number of amides is 2. The molecule has 4 aromatic rings. The molecule has 0 spiro atoms. The second-order valence-electron chi connectivity index (χ2n) is 9.26. The van der Waals surface area contributed by atoms with Gasteiger partial charge in [0.25, 0.3) is 10.0 Å². The molecule has 238 valence electrons. The Balaban J connectivity index is 0.00000552. The van der Waals surface area contributed by atoms with E-state index in [2.05, 4.69) is 14.1 Å². The number of nitrogen functional groups attached to an aromatic ring is 2. The van der Waals surface area contributed by atoms with Gasteiger partial charge in [0.05, 0.1) is 29.5 Å². The largest absolute Gasteiger partial charge is 0.398 e. The lowest BCUT2D eigenvalue weighted by Crippen LogP contribution is -2.21. The molecule has 1 heterocycles. The average Bonchev–Trinajstić information content (AvgIpc) is 3.38. The molecule has 0 aliphatic carbocycles. The van der Waals surface area contributed by atoms with Crippen LogP contribution in [0.4, 0.5) is 21.9 Å². The molecule has 13 nitrogen and oxygen atoms in total. The van der Waals surface area contributed by atoms with Crippen LogP contribution in [0.5, 0.6) is 0 Å². The lowest BCUT2D eigenvalue weighted by atomic mass is 9.98. The summed E-state index contributed by atoms with van der Waals surface area (Å²) in [6.45, 7) is 1.80. The average molecular weight is 688 g/mol. The Morgan fingerprint density at radius 1 is 0.956 bits per heavy atom. The summed E-state index contributed by atoms with van der Waals surface area (Å²) in [6.07, 6.45) is 1.73. The smallest absolute Gasteiger partial charge is 0.316 e. The molecule has 0 saturated carbocycles. The third-order valence-corrected chi connectivity index (χ3v) is 12.9. The van der Waals surface area contributed by atoms with Crippen molar-refractivity contribution in [1.82, 2.24) is 0 Å². The van der Waals surface area contributed by atoms with Crippen molar-refractivity contribution < 1.29 is 17.4 Å². The fraction of sp³-hybridized carbons (Fsp3) is 0.107. The van der Waals surface area contributed by atoms with Gasteiger partial charge in [-0.05, 0) is 72.8 Å². The van der Waals surface area contributed by atoms with Crippen LogP contribution >= 0.6 is 23.1 Å². The van der Waals surface area contributed by atoms with E-state index in [1.54, 1.807) is 43.5 Å². The molecule has 2 amide bonds. The van der Waals surface area contributed by atoms with Gasteiger partial charge >= 0.3 is 6.03 Å². The minimum absolute atomic E-state index is 0. The molecule has 0 fully saturated rings. The maximum Gasteiger partial charge on any atom is 0.316 e. The van der Waals surface area contributed by atoms with E-state index in [0.717, 1.165) is 17.4 Å². The predicted molar refractivity (Wildman–Crippen MR) is 184 cm³/mol. The Hall–Kier alpha value is -4.58. The van der Waals surface area contributed by atoms with Gasteiger partial charge in [-0.25, -0.2) is 14.0 Å². The van der Waals surface area contributed by atoms with Crippen molar-refractivity contribution in [3.8, 4) is 11.1 Å². The Labute approximate surface area is 270 Å². The number of carbonyl (C=O) groups is 1. The number of amidine groups is 1. The minimum atomic E-state index is -4.61. The number of nitrogens with zero attached hydrogens (tertiary/aromatic N) is 2. The Morgan fingerprint density at radius 2 is 1.62 bits per heavy atom. The number of hydrogen-bond donors (Lipinski definition) is 7. The molecule has 1 unspecified atom stereocenters. The second kappa shape index (κ2) is 13.6. The van der Waals surface area contributed by atoms with Gasteiger partial charge < -0.3 is 34.0 Å². The number of aryl methyl sites for hydroxylation is 1. The lowest BCUT2D eigenvalue weighted by molar-refractivity contribution is 0.259. The number of nitrogens with one attached hydrogen (secondary N) is 2. The molecule has 45 heavy (non-hydrogen) atoms. The number of nitrogens with two attached hydrogens (primary N) is 5. The van der Waals surface area contributed by atoms with Gasteiger partial charge in [0.1, 0.15) is 15.6 Å². The number of thiophene rings is 1. The maximum atomic E-state index is 15.2. The zero-order valence-corrected chi connectivity index (χ0v) is 26.7. The number of benzene rings is 3. The molecule has 3 aromatic carbocycles. The monoisotopic (exact) mass is 687 g/mol. The number of aliphatic imine (C=N–C) groups is 1. The zero-order chi connectivity index (χ0) is 32.4. The van der Waals surface area contributed by atoms with E-state index in [0.29, 0.717) is 37.2 Å². The molecule has 0 bridgehead atoms. The Kier molecular flexibility index (Phi) is 10.5. The van der Waals surface area contributed by atoms with Crippen molar-refractivity contribution in [1.29, 1.82) is 5.41 Å². The van der Waals surface area contributed by atoms with Gasteiger partial charge in [0, 0.05) is 16.9 Å². The second-order valence-corrected chi connectivity index (χ2v) is 15.4. The highest BCUT2D eigenvalue weighted by molar-refractivity contribution is 8.05. The number of carbonyl (C=O) groups excluding carboxylic acids is 1. The van der Waals surface area contributed by atoms with E-state index < -0.39 is 25.8 Å². The number of anilines is 2. The third kappa shape index (κ3) is 7.56. The maximum absolute atomic E-state index is 15.2. The highest BCUT2D eigenvalue weighted by Crippen LogP contribution is 2.41. The third-order valence-electron chi connectivity index (χ3n) is 6.07. The van der Waals surface area contributed by atoms with Crippen LogP contribution in [0.3, 0.4) is 0 Å². The first-order chi connectivity index (χ1) is 20.6. The topological polar surface area (TPSA) is 259 Å². The molecular formula is C28H33N9O4S4. The molecule has 12 N–H and O–H groups in total. The number of rotatable bonds is 9. The summed E-state index contributed by atoms with van der Waals surface area (Å²) in [7, 11) is -8.57. The molecule has 0 aliphatic rings. The van der Waals surface area contributed by atoms with Crippen molar-refractivity contribution in [3.63, 3.8) is 0 Å². The Morgan fingerprint density at radius 3 is 2.22 bits per heavy atom. The van der Waals surface area contributed by atoms with Crippen LogP contribution in [0.2, 0.25) is 0 Å². The summed E-state index contributed by atoms with van der Waals surface area (Å²) < 4.78 is 47.2. The van der Waals surface area contributed by atoms with Crippen molar-refractivity contribution in [2.24, 2.45) is 31.7 Å². The van der Waals surface area contributed by atoms with Crippen LogP contribution in [0.25, 0.3) is 11.1 Å². The van der Waals surface area contributed by atoms with E-state index in [-0.39, 0.29) is 39.6 Å². The van der Waals surface area contributed by atoms with Crippen LogP contribution < -0.4 is 34.0 Å². The zero-order valence-electron chi connectivity index (χ0n) is 23.4.